The van der Waals surface area contributed by atoms with Crippen molar-refractivity contribution < 1.29 is 23.4 Å². The molecular formula is C12H14N2O5S. The van der Waals surface area contributed by atoms with Gasteiger partial charge in [-0.25, -0.2) is 8.42 Å². The highest BCUT2D eigenvalue weighted by molar-refractivity contribution is 7.89. The molecule has 3 N–H and O–H groups in total. The molecule has 0 saturated heterocycles. The first kappa shape index (κ1) is 16.1. The highest BCUT2D eigenvalue weighted by Crippen LogP contribution is 2.17. The number of nitriles is 1. The lowest BCUT2D eigenvalue weighted by molar-refractivity contribution is -0.139. The predicted molar refractivity (Wildman–Crippen MR) is 69.3 cm³/mol. The number of rotatable bonds is 6. The molecule has 1 aromatic carbocycles. The highest BCUT2D eigenvalue weighted by Gasteiger charge is 2.26. The first-order valence-electron chi connectivity index (χ1n) is 5.68. The number of hydrogen-bond acceptors (Lipinski definition) is 5. The Morgan fingerprint density at radius 1 is 1.50 bits per heavy atom. The predicted octanol–water partition coefficient (Wildman–Crippen LogP) is -0.0194. The Hall–Kier alpha value is -1.95. The Balaban J connectivity index is 3.11. The number of carboxylic acid groups (broad SMARTS) is 1. The molecule has 1 aromatic rings. The quantitative estimate of drug-likeness (QED) is 0.677. The second-order valence-electron chi connectivity index (χ2n) is 4.12. The molecule has 0 aliphatic carbocycles. The molecule has 0 fully saturated rings. The van der Waals surface area contributed by atoms with E-state index in [0.717, 1.165) is 0 Å². The number of hydrogen-bond donors (Lipinski definition) is 3. The minimum Gasteiger partial charge on any atom is -0.480 e. The molecule has 0 amide bonds. The van der Waals surface area contributed by atoms with Crippen LogP contribution < -0.4 is 4.72 Å². The van der Waals surface area contributed by atoms with Gasteiger partial charge in [0.05, 0.1) is 16.5 Å². The number of aliphatic carboxylic acids is 1. The highest BCUT2D eigenvalue weighted by atomic mass is 32.2. The van der Waals surface area contributed by atoms with E-state index in [9.17, 15) is 13.2 Å². The zero-order chi connectivity index (χ0) is 15.3. The van der Waals surface area contributed by atoms with Crippen molar-refractivity contribution in [3.05, 3.63) is 29.3 Å². The third kappa shape index (κ3) is 3.77. The summed E-state index contributed by atoms with van der Waals surface area (Å²) in [5.41, 5.74) is 0.649. The molecule has 0 aliphatic heterocycles. The molecule has 0 saturated carbocycles. The molecule has 1 rings (SSSR count). The largest absolute Gasteiger partial charge is 0.480 e. The number of nitrogens with zero attached hydrogens (tertiary/aromatic N) is 1. The maximum atomic E-state index is 12.1. The van der Waals surface area contributed by atoms with Crippen LogP contribution in [0.25, 0.3) is 0 Å². The second-order valence-corrected chi connectivity index (χ2v) is 5.80. The Kier molecular flexibility index (Phi) is 5.21. The van der Waals surface area contributed by atoms with Crippen molar-refractivity contribution in [1.29, 1.82) is 5.26 Å². The molecule has 1 atom stereocenters. The van der Waals surface area contributed by atoms with E-state index in [1.807, 2.05) is 10.8 Å². The number of aliphatic hydroxyl groups excluding tert-OH is 1. The summed E-state index contributed by atoms with van der Waals surface area (Å²) in [5, 5.41) is 26.3. The van der Waals surface area contributed by atoms with Crippen LogP contribution in [0.15, 0.2) is 23.1 Å². The Morgan fingerprint density at radius 3 is 2.60 bits per heavy atom. The van der Waals surface area contributed by atoms with Crippen molar-refractivity contribution in [2.75, 3.05) is 6.61 Å². The molecular weight excluding hydrogens is 284 g/mol. The van der Waals surface area contributed by atoms with Crippen molar-refractivity contribution >= 4 is 16.0 Å². The van der Waals surface area contributed by atoms with Gasteiger partial charge in [-0.3, -0.25) is 4.79 Å². The zero-order valence-corrected chi connectivity index (χ0v) is 11.5. The molecule has 0 radical (unpaired) electrons. The van der Waals surface area contributed by atoms with Crippen LogP contribution in [-0.4, -0.2) is 37.2 Å². The van der Waals surface area contributed by atoms with Gasteiger partial charge in [0.2, 0.25) is 10.0 Å². The summed E-state index contributed by atoms with van der Waals surface area (Å²) in [7, 11) is -4.03. The molecule has 7 nitrogen and oxygen atoms in total. The fourth-order valence-electron chi connectivity index (χ4n) is 1.63. The molecule has 0 heterocycles. The van der Waals surface area contributed by atoms with E-state index in [1.165, 1.54) is 25.1 Å². The molecule has 0 aliphatic rings. The fourth-order valence-corrected chi connectivity index (χ4v) is 3.08. The number of sulfonamides is 1. The monoisotopic (exact) mass is 298 g/mol. The Labute approximate surface area is 116 Å². The van der Waals surface area contributed by atoms with E-state index < -0.39 is 28.6 Å². The zero-order valence-electron chi connectivity index (χ0n) is 10.7. The number of aliphatic hydroxyl groups is 1. The van der Waals surface area contributed by atoms with E-state index >= 15 is 0 Å². The van der Waals surface area contributed by atoms with Gasteiger partial charge in [-0.15, -0.1) is 0 Å². The van der Waals surface area contributed by atoms with Gasteiger partial charge >= 0.3 is 5.97 Å². The molecule has 8 heteroatoms. The van der Waals surface area contributed by atoms with Crippen LogP contribution in [0.3, 0.4) is 0 Å². The maximum Gasteiger partial charge on any atom is 0.321 e. The Morgan fingerprint density at radius 2 is 2.15 bits per heavy atom. The normalized spacial score (nSPS) is 12.7. The maximum absolute atomic E-state index is 12.1. The second kappa shape index (κ2) is 6.47. The van der Waals surface area contributed by atoms with Crippen LogP contribution >= 0.6 is 0 Å². The lowest BCUT2D eigenvalue weighted by Gasteiger charge is -2.15. The summed E-state index contributed by atoms with van der Waals surface area (Å²) in [6.07, 6.45) is -0.232. The number of carbonyl (C=O) groups is 1. The number of aryl methyl sites for hydroxylation is 1. The number of nitrogens with one attached hydrogen (secondary N) is 1. The summed E-state index contributed by atoms with van der Waals surface area (Å²) in [6.45, 7) is 1.06. The Bertz CT molecular complexity index is 648. The molecule has 0 unspecified atom stereocenters. The van der Waals surface area contributed by atoms with Crippen molar-refractivity contribution in [1.82, 2.24) is 4.72 Å². The van der Waals surface area contributed by atoms with Crippen LogP contribution in [-0.2, 0) is 14.8 Å². The van der Waals surface area contributed by atoms with E-state index in [1.54, 1.807) is 0 Å². The summed E-state index contributed by atoms with van der Waals surface area (Å²) in [6, 6.07) is 4.46. The fraction of sp³-hybridized carbons (Fsp3) is 0.333. The van der Waals surface area contributed by atoms with Gasteiger partial charge in [-0.1, -0.05) is 0 Å². The standard InChI is InChI=1S/C12H14N2O5S/c1-8-6-9(7-13)2-3-11(8)20(18,19)14-10(4-5-15)12(16)17/h2-3,6,10,14-15H,4-5H2,1H3,(H,16,17)/t10-/m1/s1. The molecule has 0 bridgehead atoms. The smallest absolute Gasteiger partial charge is 0.321 e. The minimum absolute atomic E-state index is 0.0966. The van der Waals surface area contributed by atoms with Gasteiger partial charge in [0.1, 0.15) is 6.04 Å². The van der Waals surface area contributed by atoms with Crippen LogP contribution in [0.4, 0.5) is 0 Å². The molecule has 0 aromatic heterocycles. The third-order valence-corrected chi connectivity index (χ3v) is 4.24. The van der Waals surface area contributed by atoms with E-state index in [2.05, 4.69) is 0 Å². The molecule has 0 spiro atoms. The van der Waals surface area contributed by atoms with Gasteiger partial charge in [0.25, 0.3) is 0 Å². The summed E-state index contributed by atoms with van der Waals surface area (Å²) < 4.78 is 26.2. The van der Waals surface area contributed by atoms with Gasteiger partial charge < -0.3 is 10.2 Å². The summed E-state index contributed by atoms with van der Waals surface area (Å²) >= 11 is 0. The first-order valence-corrected chi connectivity index (χ1v) is 7.17. The van der Waals surface area contributed by atoms with Gasteiger partial charge in [0.15, 0.2) is 0 Å². The van der Waals surface area contributed by atoms with E-state index in [-0.39, 0.29) is 11.3 Å². The van der Waals surface area contributed by atoms with Gasteiger partial charge in [0, 0.05) is 6.61 Å². The minimum atomic E-state index is -4.03. The number of carboxylic acids is 1. The van der Waals surface area contributed by atoms with Crippen molar-refractivity contribution in [2.45, 2.75) is 24.3 Å². The summed E-state index contributed by atoms with van der Waals surface area (Å²) in [4.78, 5) is 10.8. The van der Waals surface area contributed by atoms with Crippen molar-refractivity contribution in [2.24, 2.45) is 0 Å². The average molecular weight is 298 g/mol. The lowest BCUT2D eigenvalue weighted by Crippen LogP contribution is -2.41. The lowest BCUT2D eigenvalue weighted by atomic mass is 10.2. The first-order chi connectivity index (χ1) is 9.31. The van der Waals surface area contributed by atoms with Crippen LogP contribution in [0.2, 0.25) is 0 Å². The van der Waals surface area contributed by atoms with Gasteiger partial charge in [-0.05, 0) is 37.1 Å². The summed E-state index contributed by atoms with van der Waals surface area (Å²) in [5.74, 6) is -1.37. The van der Waals surface area contributed by atoms with Crippen molar-refractivity contribution in [3.8, 4) is 6.07 Å². The third-order valence-electron chi connectivity index (χ3n) is 2.61. The van der Waals surface area contributed by atoms with Crippen LogP contribution in [0.5, 0.6) is 0 Å². The van der Waals surface area contributed by atoms with E-state index in [4.69, 9.17) is 15.5 Å². The van der Waals surface area contributed by atoms with Crippen molar-refractivity contribution in [3.63, 3.8) is 0 Å². The average Bonchev–Trinajstić information content (AvgIpc) is 2.37. The molecule has 20 heavy (non-hydrogen) atoms. The molecule has 108 valence electrons. The van der Waals surface area contributed by atoms with Crippen LogP contribution in [0, 0.1) is 18.3 Å². The number of benzene rings is 1. The van der Waals surface area contributed by atoms with E-state index in [0.29, 0.717) is 11.1 Å². The van der Waals surface area contributed by atoms with Crippen LogP contribution in [0.1, 0.15) is 17.5 Å². The van der Waals surface area contributed by atoms with Gasteiger partial charge in [-0.2, -0.15) is 9.98 Å². The topological polar surface area (TPSA) is 127 Å². The SMILES string of the molecule is Cc1cc(C#N)ccc1S(=O)(=O)N[C@H](CCO)C(=O)O.